The molecule has 344 valence electrons. The van der Waals surface area contributed by atoms with Crippen LogP contribution in [0.1, 0.15) is 233 Å². The minimum absolute atomic E-state index is 0.0972. The number of ether oxygens (including phenoxy) is 3. The molecular weight excluding hydrogens is 745 g/mol. The van der Waals surface area contributed by atoms with Crippen LogP contribution in [0.25, 0.3) is 0 Å². The SMILES string of the molecule is CC\C=C/C=C\C=C/CCCCCCCC(=O)OC(COC(=O)CCCCC/C=C\C=C/CCCC)COC(=O)CCCCCCC/C=C\CCCCCCCCCCC. The van der Waals surface area contributed by atoms with Gasteiger partial charge in [0, 0.05) is 19.3 Å². The maximum Gasteiger partial charge on any atom is 0.306 e. The average molecular weight is 837 g/mol. The molecule has 0 amide bonds. The van der Waals surface area contributed by atoms with E-state index in [1.165, 1.54) is 89.9 Å². The van der Waals surface area contributed by atoms with Gasteiger partial charge >= 0.3 is 17.9 Å². The van der Waals surface area contributed by atoms with E-state index in [1.807, 2.05) is 0 Å². The molecule has 0 N–H and O–H groups in total. The molecule has 0 heterocycles. The van der Waals surface area contributed by atoms with E-state index in [4.69, 9.17) is 14.2 Å². The van der Waals surface area contributed by atoms with Gasteiger partial charge in [-0.1, -0.05) is 203 Å². The molecule has 0 aliphatic heterocycles. The standard InChI is InChI=1S/C54H92O6/c1-4-7-10-13-16-19-22-24-25-26-27-28-30-32-35-38-41-44-47-53(56)59-50-51(49-58-52(55)46-43-40-37-34-31-21-18-15-12-9-6-3)60-54(57)48-45-42-39-36-33-29-23-20-17-14-11-8-5-2/h8,11,14-15,17-18,20-21,23,27-28,31,51H,4-7,9-10,12-13,16,19,22,24-26,29-30,32-50H2,1-3H3/b11-8-,17-14-,18-15-,23-20-,28-27-,31-21-. The summed E-state index contributed by atoms with van der Waals surface area (Å²) in [7, 11) is 0. The van der Waals surface area contributed by atoms with Gasteiger partial charge in [-0.2, -0.15) is 0 Å². The lowest BCUT2D eigenvalue weighted by atomic mass is 10.1. The average Bonchev–Trinajstić information content (AvgIpc) is 3.24. The lowest BCUT2D eigenvalue weighted by molar-refractivity contribution is -0.167. The number of hydrogen-bond acceptors (Lipinski definition) is 6. The summed E-state index contributed by atoms with van der Waals surface area (Å²) < 4.78 is 16.7. The van der Waals surface area contributed by atoms with Crippen molar-refractivity contribution in [2.24, 2.45) is 0 Å². The van der Waals surface area contributed by atoms with Crippen molar-refractivity contribution >= 4 is 17.9 Å². The molecule has 60 heavy (non-hydrogen) atoms. The van der Waals surface area contributed by atoms with E-state index in [1.54, 1.807) is 0 Å². The third-order valence-electron chi connectivity index (χ3n) is 10.5. The van der Waals surface area contributed by atoms with Gasteiger partial charge < -0.3 is 14.2 Å². The molecule has 1 unspecified atom stereocenters. The summed E-state index contributed by atoms with van der Waals surface area (Å²) in [6.07, 6.45) is 60.3. The third-order valence-corrected chi connectivity index (χ3v) is 10.5. The predicted octanol–water partition coefficient (Wildman–Crippen LogP) is 16.3. The van der Waals surface area contributed by atoms with E-state index in [2.05, 4.69) is 93.7 Å². The molecule has 6 heteroatoms. The first-order valence-electron chi connectivity index (χ1n) is 25.0. The number of carbonyl (C=O) groups excluding carboxylic acids is 3. The maximum atomic E-state index is 12.7. The largest absolute Gasteiger partial charge is 0.462 e. The van der Waals surface area contributed by atoms with Crippen LogP contribution in [0.15, 0.2) is 72.9 Å². The molecule has 0 aromatic rings. The van der Waals surface area contributed by atoms with Gasteiger partial charge in [-0.25, -0.2) is 0 Å². The van der Waals surface area contributed by atoms with Crippen LogP contribution in [-0.2, 0) is 28.6 Å². The zero-order valence-corrected chi connectivity index (χ0v) is 39.2. The Bertz CT molecular complexity index is 1140. The molecule has 0 aliphatic carbocycles. The molecule has 0 rings (SSSR count). The summed E-state index contributed by atoms with van der Waals surface area (Å²) >= 11 is 0. The minimum atomic E-state index is -0.799. The van der Waals surface area contributed by atoms with Crippen LogP contribution in [-0.4, -0.2) is 37.2 Å². The van der Waals surface area contributed by atoms with Gasteiger partial charge in [0.25, 0.3) is 0 Å². The number of allylic oxidation sites excluding steroid dienone is 12. The lowest BCUT2D eigenvalue weighted by Gasteiger charge is -2.18. The van der Waals surface area contributed by atoms with E-state index >= 15 is 0 Å². The Balaban J connectivity index is 4.40. The van der Waals surface area contributed by atoms with Crippen molar-refractivity contribution in [3.63, 3.8) is 0 Å². The highest BCUT2D eigenvalue weighted by atomic mass is 16.6. The molecule has 0 aromatic carbocycles. The monoisotopic (exact) mass is 837 g/mol. The van der Waals surface area contributed by atoms with Crippen molar-refractivity contribution < 1.29 is 28.6 Å². The number of carbonyl (C=O) groups is 3. The fourth-order valence-corrected chi connectivity index (χ4v) is 6.71. The van der Waals surface area contributed by atoms with Crippen LogP contribution < -0.4 is 0 Å². The van der Waals surface area contributed by atoms with E-state index in [0.29, 0.717) is 19.3 Å². The summed E-state index contributed by atoms with van der Waals surface area (Å²) in [6, 6.07) is 0. The van der Waals surface area contributed by atoms with Crippen molar-refractivity contribution in [1.29, 1.82) is 0 Å². The normalized spacial score (nSPS) is 12.7. The minimum Gasteiger partial charge on any atom is -0.462 e. The van der Waals surface area contributed by atoms with E-state index in [0.717, 1.165) is 103 Å². The van der Waals surface area contributed by atoms with Gasteiger partial charge in [-0.15, -0.1) is 0 Å². The Kier molecular flexibility index (Phi) is 46.0. The van der Waals surface area contributed by atoms with Crippen molar-refractivity contribution in [3.05, 3.63) is 72.9 Å². The summed E-state index contributed by atoms with van der Waals surface area (Å²) in [5.74, 6) is -0.956. The number of hydrogen-bond donors (Lipinski definition) is 0. The van der Waals surface area contributed by atoms with Gasteiger partial charge in [0.15, 0.2) is 6.10 Å². The first-order valence-corrected chi connectivity index (χ1v) is 25.0. The third kappa shape index (κ3) is 45.9. The second-order valence-electron chi connectivity index (χ2n) is 16.4. The van der Waals surface area contributed by atoms with Crippen LogP contribution in [0.3, 0.4) is 0 Å². The Morgan fingerprint density at radius 1 is 0.350 bits per heavy atom. The molecule has 0 radical (unpaired) electrons. The topological polar surface area (TPSA) is 78.9 Å². The van der Waals surface area contributed by atoms with Crippen LogP contribution in [0.2, 0.25) is 0 Å². The Morgan fingerprint density at radius 2 is 0.683 bits per heavy atom. The van der Waals surface area contributed by atoms with Gasteiger partial charge in [-0.05, 0) is 83.5 Å². The highest BCUT2D eigenvalue weighted by molar-refractivity contribution is 5.71. The highest BCUT2D eigenvalue weighted by Gasteiger charge is 2.19. The Hall–Kier alpha value is -3.15. The Morgan fingerprint density at radius 3 is 1.13 bits per heavy atom. The first kappa shape index (κ1) is 56.9. The van der Waals surface area contributed by atoms with E-state index in [9.17, 15) is 14.4 Å². The molecule has 0 bridgehead atoms. The molecule has 6 nitrogen and oxygen atoms in total. The summed E-state index contributed by atoms with van der Waals surface area (Å²) in [6.45, 7) is 6.40. The molecule has 0 fully saturated rings. The van der Waals surface area contributed by atoms with Gasteiger partial charge in [0.05, 0.1) is 0 Å². The fourth-order valence-electron chi connectivity index (χ4n) is 6.71. The molecule has 0 aliphatic rings. The van der Waals surface area contributed by atoms with Crippen molar-refractivity contribution in [2.45, 2.75) is 239 Å². The summed E-state index contributed by atoms with van der Waals surface area (Å²) in [5.41, 5.74) is 0. The molecular formula is C54H92O6. The Labute approximate surface area is 370 Å². The van der Waals surface area contributed by atoms with Crippen molar-refractivity contribution in [2.75, 3.05) is 13.2 Å². The van der Waals surface area contributed by atoms with Crippen LogP contribution >= 0.6 is 0 Å². The fraction of sp³-hybridized carbons (Fsp3) is 0.722. The zero-order chi connectivity index (χ0) is 43.7. The smallest absolute Gasteiger partial charge is 0.306 e. The first-order chi connectivity index (χ1) is 29.5. The molecule has 0 saturated carbocycles. The van der Waals surface area contributed by atoms with Crippen molar-refractivity contribution in [1.82, 2.24) is 0 Å². The predicted molar refractivity (Wildman–Crippen MR) is 256 cm³/mol. The van der Waals surface area contributed by atoms with Gasteiger partial charge in [0.1, 0.15) is 13.2 Å². The van der Waals surface area contributed by atoms with Crippen molar-refractivity contribution in [3.8, 4) is 0 Å². The number of rotatable bonds is 44. The van der Waals surface area contributed by atoms with Crippen LogP contribution in [0.4, 0.5) is 0 Å². The van der Waals surface area contributed by atoms with Gasteiger partial charge in [0.2, 0.25) is 0 Å². The summed E-state index contributed by atoms with van der Waals surface area (Å²) in [4.78, 5) is 37.9. The molecule has 0 saturated heterocycles. The highest BCUT2D eigenvalue weighted by Crippen LogP contribution is 2.14. The molecule has 1 atom stereocenters. The van der Waals surface area contributed by atoms with Crippen LogP contribution in [0.5, 0.6) is 0 Å². The second kappa shape index (κ2) is 48.5. The molecule has 0 spiro atoms. The van der Waals surface area contributed by atoms with Crippen LogP contribution in [0, 0.1) is 0 Å². The van der Waals surface area contributed by atoms with Gasteiger partial charge in [-0.3, -0.25) is 14.4 Å². The molecule has 0 aromatic heterocycles. The van der Waals surface area contributed by atoms with E-state index in [-0.39, 0.29) is 31.1 Å². The summed E-state index contributed by atoms with van der Waals surface area (Å²) in [5, 5.41) is 0. The number of esters is 3. The number of unbranched alkanes of at least 4 members (excludes halogenated alkanes) is 24. The second-order valence-corrected chi connectivity index (χ2v) is 16.4. The lowest BCUT2D eigenvalue weighted by Crippen LogP contribution is -2.30. The zero-order valence-electron chi connectivity index (χ0n) is 39.2. The quantitative estimate of drug-likeness (QED) is 0.0200. The maximum absolute atomic E-state index is 12.7. The van der Waals surface area contributed by atoms with E-state index < -0.39 is 6.10 Å².